The fraction of sp³-hybridized carbons (Fsp3) is 0.286. The highest BCUT2D eigenvalue weighted by Gasteiger charge is 2.33. The molecule has 2 amide bonds. The van der Waals surface area contributed by atoms with Gasteiger partial charge in [0.25, 0.3) is 5.91 Å². The van der Waals surface area contributed by atoms with Crippen molar-refractivity contribution < 1.29 is 23.9 Å². The Bertz CT molecular complexity index is 947. The molecule has 2 aromatic carbocycles. The van der Waals surface area contributed by atoms with E-state index < -0.39 is 12.1 Å². The molecule has 2 aliphatic heterocycles. The van der Waals surface area contributed by atoms with E-state index in [0.29, 0.717) is 25.1 Å². The number of ether oxygens (including phenoxy) is 2. The van der Waals surface area contributed by atoms with Gasteiger partial charge < -0.3 is 20.1 Å². The molecule has 0 saturated carbocycles. The lowest BCUT2D eigenvalue weighted by Crippen LogP contribution is -2.33. The van der Waals surface area contributed by atoms with Crippen LogP contribution in [-0.2, 0) is 20.7 Å². The lowest BCUT2D eigenvalue weighted by atomic mass is 10.1. The fourth-order valence-electron chi connectivity index (χ4n) is 3.53. The van der Waals surface area contributed by atoms with Crippen LogP contribution in [0.15, 0.2) is 48.5 Å². The van der Waals surface area contributed by atoms with E-state index in [4.69, 9.17) is 15.2 Å². The van der Waals surface area contributed by atoms with Crippen LogP contribution in [0.1, 0.15) is 15.9 Å². The van der Waals surface area contributed by atoms with Gasteiger partial charge in [0.15, 0.2) is 6.61 Å². The first-order valence-electron chi connectivity index (χ1n) is 9.40. The van der Waals surface area contributed by atoms with Gasteiger partial charge in [-0.15, -0.1) is 0 Å². The van der Waals surface area contributed by atoms with Crippen LogP contribution in [0.3, 0.4) is 0 Å². The molecule has 2 aromatic rings. The smallest absolute Gasteiger partial charge is 0.414 e. The summed E-state index contributed by atoms with van der Waals surface area (Å²) < 4.78 is 10.3. The molecule has 1 atom stereocenters. The molecule has 8 nitrogen and oxygen atoms in total. The van der Waals surface area contributed by atoms with Crippen molar-refractivity contribution in [1.29, 1.82) is 0 Å². The zero-order valence-electron chi connectivity index (χ0n) is 15.7. The zero-order valence-corrected chi connectivity index (χ0v) is 15.7. The molecule has 0 bridgehead atoms. The number of cyclic esters (lactones) is 1. The van der Waals surface area contributed by atoms with Gasteiger partial charge >= 0.3 is 12.1 Å². The molecule has 1 saturated heterocycles. The van der Waals surface area contributed by atoms with E-state index in [1.54, 1.807) is 52.3 Å². The molecule has 29 heavy (non-hydrogen) atoms. The molecule has 0 unspecified atom stereocenters. The maximum atomic E-state index is 12.6. The number of benzene rings is 2. The maximum absolute atomic E-state index is 12.6. The molecule has 8 heteroatoms. The van der Waals surface area contributed by atoms with E-state index in [9.17, 15) is 14.4 Å². The zero-order chi connectivity index (χ0) is 20.4. The lowest BCUT2D eigenvalue weighted by molar-refractivity contribution is -0.121. The van der Waals surface area contributed by atoms with Crippen LogP contribution in [0.5, 0.6) is 0 Å². The van der Waals surface area contributed by atoms with Crippen LogP contribution < -0.4 is 15.5 Å². The van der Waals surface area contributed by atoms with Gasteiger partial charge in [0.2, 0.25) is 0 Å². The summed E-state index contributed by atoms with van der Waals surface area (Å²) in [4.78, 5) is 39.8. The van der Waals surface area contributed by atoms with Crippen molar-refractivity contribution in [3.05, 3.63) is 59.7 Å². The van der Waals surface area contributed by atoms with Crippen LogP contribution in [0, 0.1) is 0 Å². The van der Waals surface area contributed by atoms with Gasteiger partial charge in [0, 0.05) is 24.5 Å². The Morgan fingerprint density at radius 3 is 2.69 bits per heavy atom. The third-order valence-corrected chi connectivity index (χ3v) is 5.04. The minimum Gasteiger partial charge on any atom is -0.452 e. The number of hydrogen-bond donors (Lipinski definition) is 1. The minimum absolute atomic E-state index is 0.275. The number of esters is 1. The predicted octanol–water partition coefficient (Wildman–Crippen LogP) is 1.72. The Kier molecular flexibility index (Phi) is 5.18. The second-order valence-corrected chi connectivity index (χ2v) is 6.90. The Morgan fingerprint density at radius 2 is 1.97 bits per heavy atom. The molecule has 0 aliphatic carbocycles. The van der Waals surface area contributed by atoms with Gasteiger partial charge in [-0.3, -0.25) is 9.69 Å². The van der Waals surface area contributed by atoms with Crippen LogP contribution in [0.2, 0.25) is 0 Å². The number of carbonyl (C=O) groups is 3. The monoisotopic (exact) mass is 395 g/mol. The first-order valence-corrected chi connectivity index (χ1v) is 9.40. The second kappa shape index (κ2) is 7.92. The molecule has 2 aliphatic rings. The summed E-state index contributed by atoms with van der Waals surface area (Å²) in [6.45, 7) is 0.852. The first kappa shape index (κ1) is 18.9. The molecule has 150 valence electrons. The number of anilines is 2. The standard InChI is InChI=1S/C21H21N3O5/c22-11-17-12-24(21(27)29-17)16-6-7-18-15(10-16)8-9-23(18)19(25)13-28-20(26)14-4-2-1-3-5-14/h1-7,10,17H,8-9,11-13,22H2/t17-/m0/s1. The summed E-state index contributed by atoms with van der Waals surface area (Å²) in [6, 6.07) is 14.0. The minimum atomic E-state index is -0.532. The third-order valence-electron chi connectivity index (χ3n) is 5.04. The van der Waals surface area contributed by atoms with Crippen LogP contribution >= 0.6 is 0 Å². The average molecular weight is 395 g/mol. The van der Waals surface area contributed by atoms with Gasteiger partial charge in [-0.2, -0.15) is 0 Å². The van der Waals surface area contributed by atoms with Gasteiger partial charge in [0.05, 0.1) is 12.1 Å². The summed E-state index contributed by atoms with van der Waals surface area (Å²) >= 11 is 0. The SMILES string of the molecule is NC[C@H]1CN(c2ccc3c(c2)CCN3C(=O)COC(=O)c2ccccc2)C(=O)O1. The van der Waals surface area contributed by atoms with Crippen LogP contribution in [0.4, 0.5) is 16.2 Å². The van der Waals surface area contributed by atoms with Crippen molar-refractivity contribution in [2.75, 3.05) is 36.0 Å². The topological polar surface area (TPSA) is 102 Å². The molecule has 0 spiro atoms. The highest BCUT2D eigenvalue weighted by Crippen LogP contribution is 2.33. The largest absolute Gasteiger partial charge is 0.452 e. The quantitative estimate of drug-likeness (QED) is 0.774. The second-order valence-electron chi connectivity index (χ2n) is 6.90. The van der Waals surface area contributed by atoms with Crippen molar-refractivity contribution in [2.45, 2.75) is 12.5 Å². The summed E-state index contributed by atoms with van der Waals surface area (Å²) in [7, 11) is 0. The van der Waals surface area contributed by atoms with Crippen LogP contribution in [-0.4, -0.2) is 50.3 Å². The van der Waals surface area contributed by atoms with Crippen molar-refractivity contribution in [3.63, 3.8) is 0 Å². The summed E-state index contributed by atoms with van der Waals surface area (Å²) in [5.41, 5.74) is 8.42. The number of hydrogen-bond acceptors (Lipinski definition) is 6. The van der Waals surface area contributed by atoms with Crippen LogP contribution in [0.25, 0.3) is 0 Å². The summed E-state index contributed by atoms with van der Waals surface area (Å²) in [5, 5.41) is 0. The molecule has 1 fully saturated rings. The Morgan fingerprint density at radius 1 is 1.17 bits per heavy atom. The van der Waals surface area contributed by atoms with E-state index in [0.717, 1.165) is 16.9 Å². The normalized spacial score (nSPS) is 17.8. The highest BCUT2D eigenvalue weighted by atomic mass is 16.6. The Labute approximate surface area is 167 Å². The van der Waals surface area contributed by atoms with E-state index in [1.807, 2.05) is 6.07 Å². The number of amides is 2. The number of nitrogens with two attached hydrogens (primary N) is 1. The van der Waals surface area contributed by atoms with E-state index in [1.165, 1.54) is 0 Å². The molecule has 4 rings (SSSR count). The van der Waals surface area contributed by atoms with E-state index in [2.05, 4.69) is 0 Å². The summed E-state index contributed by atoms with van der Waals surface area (Å²) in [5.74, 6) is -0.819. The summed E-state index contributed by atoms with van der Waals surface area (Å²) in [6.07, 6.45) is -0.0719. The molecule has 0 aromatic heterocycles. The Hall–Kier alpha value is -3.39. The molecular weight excluding hydrogens is 374 g/mol. The number of carbonyl (C=O) groups excluding carboxylic acids is 3. The predicted molar refractivity (Wildman–Crippen MR) is 106 cm³/mol. The molecule has 2 N–H and O–H groups in total. The third kappa shape index (κ3) is 3.79. The number of nitrogens with zero attached hydrogens (tertiary/aromatic N) is 2. The highest BCUT2D eigenvalue weighted by molar-refractivity contribution is 5.99. The van der Waals surface area contributed by atoms with Gasteiger partial charge in [0.1, 0.15) is 6.10 Å². The Balaban J connectivity index is 1.41. The van der Waals surface area contributed by atoms with E-state index in [-0.39, 0.29) is 25.2 Å². The molecule has 0 radical (unpaired) electrons. The number of rotatable bonds is 5. The molecular formula is C21H21N3O5. The van der Waals surface area contributed by atoms with Crippen molar-refractivity contribution in [2.24, 2.45) is 5.73 Å². The van der Waals surface area contributed by atoms with Crippen molar-refractivity contribution >= 4 is 29.3 Å². The fourth-order valence-corrected chi connectivity index (χ4v) is 3.53. The average Bonchev–Trinajstić information content (AvgIpc) is 3.35. The van der Waals surface area contributed by atoms with Gasteiger partial charge in [-0.1, -0.05) is 18.2 Å². The van der Waals surface area contributed by atoms with Crippen molar-refractivity contribution in [1.82, 2.24) is 0 Å². The van der Waals surface area contributed by atoms with Crippen molar-refractivity contribution in [3.8, 4) is 0 Å². The maximum Gasteiger partial charge on any atom is 0.414 e. The molecule has 2 heterocycles. The van der Waals surface area contributed by atoms with Gasteiger partial charge in [-0.05, 0) is 42.3 Å². The number of fused-ring (bicyclic) bond motifs is 1. The first-order chi connectivity index (χ1) is 14.1. The lowest BCUT2D eigenvalue weighted by Gasteiger charge is -2.19. The van der Waals surface area contributed by atoms with E-state index >= 15 is 0 Å². The van der Waals surface area contributed by atoms with Gasteiger partial charge in [-0.25, -0.2) is 9.59 Å².